The third-order valence-corrected chi connectivity index (χ3v) is 3.60. The number of benzene rings is 1. The van der Waals surface area contributed by atoms with Crippen molar-refractivity contribution in [3.63, 3.8) is 0 Å². The zero-order chi connectivity index (χ0) is 18.6. The van der Waals surface area contributed by atoms with Gasteiger partial charge in [0.25, 0.3) is 5.91 Å². The molecule has 0 aliphatic carbocycles. The van der Waals surface area contributed by atoms with E-state index in [9.17, 15) is 19.1 Å². The highest BCUT2D eigenvalue weighted by Gasteiger charge is 2.26. The molecule has 7 nitrogen and oxygen atoms in total. The minimum atomic E-state index is -1.06. The number of nitrogens with one attached hydrogen (secondary N) is 1. The second-order valence-corrected chi connectivity index (χ2v) is 6.44. The standard InChI is InChI=1S/C17H20FN3O4/c1-17(2,3)21(16(23)24)9-8-19-15(22)14-13(10-25-20-14)11-4-6-12(18)7-5-11/h4-7,10H,8-9H2,1-3H3,(H,19,22)(H,23,24). The lowest BCUT2D eigenvalue weighted by Gasteiger charge is -2.33. The van der Waals surface area contributed by atoms with Crippen molar-refractivity contribution in [3.05, 3.63) is 42.0 Å². The molecule has 1 aromatic heterocycles. The molecule has 8 heteroatoms. The van der Waals surface area contributed by atoms with Crippen molar-refractivity contribution >= 4 is 12.0 Å². The van der Waals surface area contributed by atoms with Crippen LogP contribution in [0.15, 0.2) is 35.1 Å². The molecule has 0 aliphatic heterocycles. The zero-order valence-corrected chi connectivity index (χ0v) is 14.2. The van der Waals surface area contributed by atoms with Crippen molar-refractivity contribution in [2.75, 3.05) is 13.1 Å². The maximum absolute atomic E-state index is 13.0. The molecule has 2 aromatic rings. The summed E-state index contributed by atoms with van der Waals surface area (Å²) >= 11 is 0. The molecule has 0 saturated carbocycles. The van der Waals surface area contributed by atoms with Gasteiger partial charge < -0.3 is 19.8 Å². The van der Waals surface area contributed by atoms with Crippen LogP contribution in [-0.4, -0.2) is 45.8 Å². The molecular formula is C17H20FN3O4. The van der Waals surface area contributed by atoms with Gasteiger partial charge in [0, 0.05) is 18.6 Å². The van der Waals surface area contributed by atoms with E-state index < -0.39 is 17.5 Å². The van der Waals surface area contributed by atoms with Gasteiger partial charge in [-0.3, -0.25) is 4.79 Å². The van der Waals surface area contributed by atoms with Crippen LogP contribution in [0.2, 0.25) is 0 Å². The number of rotatable bonds is 5. The summed E-state index contributed by atoms with van der Waals surface area (Å²) in [6, 6.07) is 5.59. The van der Waals surface area contributed by atoms with Gasteiger partial charge in [-0.15, -0.1) is 0 Å². The van der Waals surface area contributed by atoms with Crippen LogP contribution in [0.5, 0.6) is 0 Å². The fourth-order valence-electron chi connectivity index (χ4n) is 2.32. The summed E-state index contributed by atoms with van der Waals surface area (Å²) in [7, 11) is 0. The maximum Gasteiger partial charge on any atom is 0.407 e. The second-order valence-electron chi connectivity index (χ2n) is 6.44. The monoisotopic (exact) mass is 349 g/mol. The van der Waals surface area contributed by atoms with Crippen molar-refractivity contribution in [2.24, 2.45) is 0 Å². The zero-order valence-electron chi connectivity index (χ0n) is 14.2. The molecule has 0 atom stereocenters. The van der Waals surface area contributed by atoms with Crippen molar-refractivity contribution in [2.45, 2.75) is 26.3 Å². The first-order chi connectivity index (χ1) is 11.7. The van der Waals surface area contributed by atoms with E-state index in [4.69, 9.17) is 4.52 Å². The predicted octanol–water partition coefficient (Wildman–Crippen LogP) is 2.99. The molecular weight excluding hydrogens is 329 g/mol. The number of aromatic nitrogens is 1. The van der Waals surface area contributed by atoms with Gasteiger partial charge in [-0.1, -0.05) is 17.3 Å². The Morgan fingerprint density at radius 2 is 1.92 bits per heavy atom. The third-order valence-electron chi connectivity index (χ3n) is 3.60. The van der Waals surface area contributed by atoms with E-state index in [1.54, 1.807) is 20.8 Å². The SMILES string of the molecule is CC(C)(C)N(CCNC(=O)c1nocc1-c1ccc(F)cc1)C(=O)O. The summed E-state index contributed by atoms with van der Waals surface area (Å²) in [5.74, 6) is -0.880. The van der Waals surface area contributed by atoms with Gasteiger partial charge in [-0.25, -0.2) is 9.18 Å². The molecule has 0 bridgehead atoms. The van der Waals surface area contributed by atoms with Crippen LogP contribution in [0.3, 0.4) is 0 Å². The summed E-state index contributed by atoms with van der Waals surface area (Å²) in [4.78, 5) is 24.8. The van der Waals surface area contributed by atoms with Gasteiger partial charge in [0.15, 0.2) is 5.69 Å². The molecule has 2 amide bonds. The van der Waals surface area contributed by atoms with E-state index in [1.807, 2.05) is 0 Å². The smallest absolute Gasteiger partial charge is 0.407 e. The first-order valence-electron chi connectivity index (χ1n) is 7.69. The van der Waals surface area contributed by atoms with Crippen molar-refractivity contribution < 1.29 is 23.6 Å². The van der Waals surface area contributed by atoms with Crippen LogP contribution < -0.4 is 5.32 Å². The first kappa shape index (κ1) is 18.4. The number of halogens is 1. The lowest BCUT2D eigenvalue weighted by atomic mass is 10.1. The number of nitrogens with zero attached hydrogens (tertiary/aromatic N) is 2. The molecule has 2 N–H and O–H groups in total. The topological polar surface area (TPSA) is 95.7 Å². The summed E-state index contributed by atoms with van der Waals surface area (Å²) in [6.07, 6.45) is 0.246. The van der Waals surface area contributed by atoms with Crippen LogP contribution in [0.25, 0.3) is 11.1 Å². The molecule has 1 heterocycles. The summed E-state index contributed by atoms with van der Waals surface area (Å²) in [5.41, 5.74) is 0.506. The molecule has 2 rings (SSSR count). The highest BCUT2D eigenvalue weighted by molar-refractivity contribution is 5.98. The lowest BCUT2D eigenvalue weighted by molar-refractivity contribution is 0.0886. The molecule has 0 radical (unpaired) electrons. The quantitative estimate of drug-likeness (QED) is 0.865. The van der Waals surface area contributed by atoms with Crippen molar-refractivity contribution in [3.8, 4) is 11.1 Å². The van der Waals surface area contributed by atoms with Gasteiger partial charge in [0.2, 0.25) is 0 Å². The molecule has 0 unspecified atom stereocenters. The fourth-order valence-corrected chi connectivity index (χ4v) is 2.32. The highest BCUT2D eigenvalue weighted by Crippen LogP contribution is 2.23. The minimum Gasteiger partial charge on any atom is -0.465 e. The highest BCUT2D eigenvalue weighted by atomic mass is 19.1. The van der Waals surface area contributed by atoms with E-state index in [0.717, 1.165) is 0 Å². The van der Waals surface area contributed by atoms with Gasteiger partial charge in [0.05, 0.1) is 5.56 Å². The number of hydrogen-bond donors (Lipinski definition) is 2. The number of carbonyl (C=O) groups excluding carboxylic acids is 1. The Morgan fingerprint density at radius 3 is 2.48 bits per heavy atom. The predicted molar refractivity (Wildman–Crippen MR) is 88.7 cm³/mol. The number of hydrogen-bond acceptors (Lipinski definition) is 4. The number of carbonyl (C=O) groups is 2. The Kier molecular flexibility index (Phi) is 5.41. The van der Waals surface area contributed by atoms with Crippen LogP contribution in [0.1, 0.15) is 31.3 Å². The largest absolute Gasteiger partial charge is 0.465 e. The van der Waals surface area contributed by atoms with E-state index in [2.05, 4.69) is 10.5 Å². The first-order valence-corrected chi connectivity index (χ1v) is 7.69. The Morgan fingerprint density at radius 1 is 1.28 bits per heavy atom. The van der Waals surface area contributed by atoms with Crippen molar-refractivity contribution in [1.29, 1.82) is 0 Å². The number of carboxylic acid groups (broad SMARTS) is 1. The molecule has 134 valence electrons. The average molecular weight is 349 g/mol. The molecule has 0 aliphatic rings. The van der Waals surface area contributed by atoms with Gasteiger partial charge in [-0.2, -0.15) is 0 Å². The van der Waals surface area contributed by atoms with Crippen LogP contribution >= 0.6 is 0 Å². The molecule has 25 heavy (non-hydrogen) atoms. The van der Waals surface area contributed by atoms with Gasteiger partial charge in [0.1, 0.15) is 12.1 Å². The summed E-state index contributed by atoms with van der Waals surface area (Å²) in [6.45, 7) is 5.57. The Hall–Kier alpha value is -2.90. The third kappa shape index (κ3) is 4.56. The van der Waals surface area contributed by atoms with Gasteiger partial charge in [-0.05, 0) is 38.5 Å². The van der Waals surface area contributed by atoms with Gasteiger partial charge >= 0.3 is 6.09 Å². The van der Waals surface area contributed by atoms with Crippen LogP contribution in [0.4, 0.5) is 9.18 Å². The average Bonchev–Trinajstić information content (AvgIpc) is 3.00. The summed E-state index contributed by atoms with van der Waals surface area (Å²) in [5, 5.41) is 15.5. The number of amides is 2. The minimum absolute atomic E-state index is 0.0595. The van der Waals surface area contributed by atoms with E-state index in [0.29, 0.717) is 11.1 Å². The Balaban J connectivity index is 2.04. The van der Waals surface area contributed by atoms with E-state index in [-0.39, 0.29) is 24.6 Å². The molecule has 1 aromatic carbocycles. The second kappa shape index (κ2) is 7.33. The Labute approximate surface area is 144 Å². The van der Waals surface area contributed by atoms with E-state index >= 15 is 0 Å². The lowest BCUT2D eigenvalue weighted by Crippen LogP contribution is -2.48. The molecule has 0 saturated heterocycles. The Bertz CT molecular complexity index is 750. The van der Waals surface area contributed by atoms with Crippen molar-refractivity contribution in [1.82, 2.24) is 15.4 Å². The normalized spacial score (nSPS) is 11.2. The van der Waals surface area contributed by atoms with Crippen LogP contribution in [0, 0.1) is 5.82 Å². The van der Waals surface area contributed by atoms with E-state index in [1.165, 1.54) is 35.4 Å². The molecule has 0 spiro atoms. The fraction of sp³-hybridized carbons (Fsp3) is 0.353. The van der Waals surface area contributed by atoms with Crippen LogP contribution in [-0.2, 0) is 0 Å². The summed E-state index contributed by atoms with van der Waals surface area (Å²) < 4.78 is 17.9. The maximum atomic E-state index is 13.0. The molecule has 0 fully saturated rings.